The molecular formula is C15H15N5O. The standard InChI is InChI=1S/C15H15N5O/c1-21-13-4-2-3-12(9-13)17-10-14-18-15(20-19-14)11-5-7-16-8-6-11/h2-9,17H,10H2,1H3,(H,18,19,20). The van der Waals surface area contributed by atoms with E-state index in [4.69, 9.17) is 4.74 Å². The molecule has 3 rings (SSSR count). The van der Waals surface area contributed by atoms with Crippen LogP contribution in [-0.2, 0) is 6.54 Å². The van der Waals surface area contributed by atoms with Crippen LogP contribution in [0.2, 0.25) is 0 Å². The van der Waals surface area contributed by atoms with Gasteiger partial charge in [-0.15, -0.1) is 0 Å². The van der Waals surface area contributed by atoms with Crippen LogP contribution < -0.4 is 10.1 Å². The number of aromatic amines is 1. The number of rotatable bonds is 5. The van der Waals surface area contributed by atoms with Crippen LogP contribution in [0, 0.1) is 0 Å². The van der Waals surface area contributed by atoms with Gasteiger partial charge in [0.1, 0.15) is 11.6 Å². The smallest absolute Gasteiger partial charge is 0.181 e. The van der Waals surface area contributed by atoms with Crippen LogP contribution in [0.1, 0.15) is 5.82 Å². The van der Waals surface area contributed by atoms with Crippen LogP contribution >= 0.6 is 0 Å². The van der Waals surface area contributed by atoms with Crippen molar-refractivity contribution in [1.82, 2.24) is 20.2 Å². The Morgan fingerprint density at radius 3 is 2.86 bits per heavy atom. The van der Waals surface area contributed by atoms with Crippen LogP contribution in [0.5, 0.6) is 5.75 Å². The lowest BCUT2D eigenvalue weighted by Gasteiger charge is -2.05. The molecule has 2 heterocycles. The second kappa shape index (κ2) is 6.04. The monoisotopic (exact) mass is 281 g/mol. The van der Waals surface area contributed by atoms with Gasteiger partial charge in [0, 0.05) is 29.7 Å². The molecule has 2 aromatic heterocycles. The first kappa shape index (κ1) is 13.1. The highest BCUT2D eigenvalue weighted by molar-refractivity contribution is 5.53. The zero-order valence-corrected chi connectivity index (χ0v) is 11.6. The van der Waals surface area contributed by atoms with Gasteiger partial charge in [-0.25, -0.2) is 4.98 Å². The van der Waals surface area contributed by atoms with Gasteiger partial charge < -0.3 is 10.1 Å². The van der Waals surface area contributed by atoms with Crippen molar-refractivity contribution in [3.8, 4) is 17.1 Å². The van der Waals surface area contributed by atoms with E-state index in [-0.39, 0.29) is 0 Å². The highest BCUT2D eigenvalue weighted by Gasteiger charge is 2.05. The predicted octanol–water partition coefficient (Wildman–Crippen LogP) is 2.49. The molecule has 6 nitrogen and oxygen atoms in total. The second-order valence-electron chi connectivity index (χ2n) is 4.43. The van der Waals surface area contributed by atoms with Crippen LogP contribution in [0.3, 0.4) is 0 Å². The Balaban J connectivity index is 1.67. The number of benzene rings is 1. The van der Waals surface area contributed by atoms with E-state index < -0.39 is 0 Å². The molecule has 0 saturated heterocycles. The molecule has 21 heavy (non-hydrogen) atoms. The number of nitrogens with one attached hydrogen (secondary N) is 2. The molecule has 106 valence electrons. The van der Waals surface area contributed by atoms with Gasteiger partial charge in [-0.1, -0.05) is 6.07 Å². The quantitative estimate of drug-likeness (QED) is 0.751. The highest BCUT2D eigenvalue weighted by Crippen LogP contribution is 2.17. The van der Waals surface area contributed by atoms with E-state index >= 15 is 0 Å². The molecule has 0 atom stereocenters. The fourth-order valence-corrected chi connectivity index (χ4v) is 1.92. The normalized spacial score (nSPS) is 10.3. The molecule has 0 spiro atoms. The first-order valence-corrected chi connectivity index (χ1v) is 6.55. The molecule has 2 N–H and O–H groups in total. The maximum Gasteiger partial charge on any atom is 0.181 e. The van der Waals surface area contributed by atoms with Gasteiger partial charge in [0.25, 0.3) is 0 Å². The Labute approximate surface area is 122 Å². The van der Waals surface area contributed by atoms with E-state index in [1.165, 1.54) is 0 Å². The van der Waals surface area contributed by atoms with Crippen LogP contribution in [0.15, 0.2) is 48.8 Å². The van der Waals surface area contributed by atoms with Crippen molar-refractivity contribution >= 4 is 5.69 Å². The summed E-state index contributed by atoms with van der Waals surface area (Å²) < 4.78 is 5.19. The topological polar surface area (TPSA) is 75.7 Å². The molecule has 0 radical (unpaired) electrons. The van der Waals surface area contributed by atoms with E-state index in [9.17, 15) is 0 Å². The summed E-state index contributed by atoms with van der Waals surface area (Å²) in [6.07, 6.45) is 3.44. The Morgan fingerprint density at radius 2 is 2.05 bits per heavy atom. The largest absolute Gasteiger partial charge is 0.497 e. The zero-order chi connectivity index (χ0) is 14.5. The minimum atomic E-state index is 0.561. The summed E-state index contributed by atoms with van der Waals surface area (Å²) in [6.45, 7) is 0.561. The molecule has 0 amide bonds. The maximum atomic E-state index is 5.19. The Bertz CT molecular complexity index is 711. The van der Waals surface area contributed by atoms with E-state index in [2.05, 4.69) is 25.5 Å². The Hall–Kier alpha value is -2.89. The number of hydrogen-bond donors (Lipinski definition) is 2. The van der Waals surface area contributed by atoms with E-state index in [1.807, 2.05) is 36.4 Å². The molecule has 0 fully saturated rings. The maximum absolute atomic E-state index is 5.19. The molecular weight excluding hydrogens is 266 g/mol. The molecule has 6 heteroatoms. The molecule has 0 aliphatic carbocycles. The van der Waals surface area contributed by atoms with Crippen LogP contribution in [0.4, 0.5) is 5.69 Å². The number of pyridine rings is 1. The number of aromatic nitrogens is 4. The average molecular weight is 281 g/mol. The number of anilines is 1. The molecule has 0 bridgehead atoms. The van der Waals surface area contributed by atoms with Gasteiger partial charge in [0.05, 0.1) is 13.7 Å². The van der Waals surface area contributed by atoms with Crippen molar-refractivity contribution in [2.45, 2.75) is 6.54 Å². The summed E-state index contributed by atoms with van der Waals surface area (Å²) >= 11 is 0. The Morgan fingerprint density at radius 1 is 1.19 bits per heavy atom. The summed E-state index contributed by atoms with van der Waals surface area (Å²) in [7, 11) is 1.65. The summed E-state index contributed by atoms with van der Waals surface area (Å²) in [4.78, 5) is 8.43. The third-order valence-electron chi connectivity index (χ3n) is 3.00. The van der Waals surface area contributed by atoms with E-state index in [1.54, 1.807) is 19.5 Å². The summed E-state index contributed by atoms with van der Waals surface area (Å²) in [6, 6.07) is 11.5. The van der Waals surface area contributed by atoms with Gasteiger partial charge in [-0.3, -0.25) is 10.1 Å². The van der Waals surface area contributed by atoms with Crippen molar-refractivity contribution in [2.24, 2.45) is 0 Å². The minimum absolute atomic E-state index is 0.561. The first-order valence-electron chi connectivity index (χ1n) is 6.55. The third kappa shape index (κ3) is 3.17. The fourth-order valence-electron chi connectivity index (χ4n) is 1.92. The lowest BCUT2D eigenvalue weighted by molar-refractivity contribution is 0.415. The summed E-state index contributed by atoms with van der Waals surface area (Å²) in [5, 5.41) is 10.4. The molecule has 0 unspecified atom stereocenters. The van der Waals surface area contributed by atoms with Gasteiger partial charge in [-0.2, -0.15) is 5.10 Å². The average Bonchev–Trinajstić information content (AvgIpc) is 3.03. The minimum Gasteiger partial charge on any atom is -0.497 e. The summed E-state index contributed by atoms with van der Waals surface area (Å²) in [5.41, 5.74) is 1.91. The van der Waals surface area contributed by atoms with Gasteiger partial charge in [-0.05, 0) is 24.3 Å². The van der Waals surface area contributed by atoms with Crippen molar-refractivity contribution in [2.75, 3.05) is 12.4 Å². The van der Waals surface area contributed by atoms with E-state index in [0.717, 1.165) is 22.8 Å². The SMILES string of the molecule is COc1cccc(NCc2nc(-c3ccncc3)n[nH]2)c1. The second-order valence-corrected chi connectivity index (χ2v) is 4.43. The van der Waals surface area contributed by atoms with Crippen molar-refractivity contribution in [3.05, 3.63) is 54.6 Å². The third-order valence-corrected chi connectivity index (χ3v) is 3.00. The van der Waals surface area contributed by atoms with E-state index in [0.29, 0.717) is 12.4 Å². The molecule has 0 aliphatic heterocycles. The van der Waals surface area contributed by atoms with Crippen molar-refractivity contribution < 1.29 is 4.74 Å². The van der Waals surface area contributed by atoms with Crippen molar-refractivity contribution in [3.63, 3.8) is 0 Å². The van der Waals surface area contributed by atoms with Crippen LogP contribution in [0.25, 0.3) is 11.4 Å². The van der Waals surface area contributed by atoms with Gasteiger partial charge in [0.15, 0.2) is 5.82 Å². The number of H-pyrrole nitrogens is 1. The van der Waals surface area contributed by atoms with Gasteiger partial charge >= 0.3 is 0 Å². The summed E-state index contributed by atoms with van der Waals surface area (Å²) in [5.74, 6) is 2.25. The number of methoxy groups -OCH3 is 1. The lowest BCUT2D eigenvalue weighted by atomic mass is 10.2. The first-order chi connectivity index (χ1) is 10.3. The lowest BCUT2D eigenvalue weighted by Crippen LogP contribution is -2.01. The predicted molar refractivity (Wildman–Crippen MR) is 79.9 cm³/mol. The van der Waals surface area contributed by atoms with Crippen LogP contribution in [-0.4, -0.2) is 27.3 Å². The van der Waals surface area contributed by atoms with Gasteiger partial charge in [0.2, 0.25) is 0 Å². The molecule has 1 aromatic carbocycles. The highest BCUT2D eigenvalue weighted by atomic mass is 16.5. The number of ether oxygens (including phenoxy) is 1. The number of nitrogens with zero attached hydrogens (tertiary/aromatic N) is 3. The number of hydrogen-bond acceptors (Lipinski definition) is 5. The Kier molecular flexibility index (Phi) is 3.77. The fraction of sp³-hybridized carbons (Fsp3) is 0.133. The van der Waals surface area contributed by atoms with Crippen molar-refractivity contribution in [1.29, 1.82) is 0 Å². The zero-order valence-electron chi connectivity index (χ0n) is 11.6. The molecule has 0 aliphatic rings. The molecule has 0 saturated carbocycles. The molecule has 3 aromatic rings.